The van der Waals surface area contributed by atoms with Crippen LogP contribution in [-0.2, 0) is 19.4 Å². The van der Waals surface area contributed by atoms with Gasteiger partial charge in [-0.1, -0.05) is 17.7 Å². The lowest BCUT2D eigenvalue weighted by atomic mass is 10.3. The highest BCUT2D eigenvalue weighted by atomic mass is 35.5. The molecule has 8 heteroatoms. The summed E-state index contributed by atoms with van der Waals surface area (Å²) in [6.07, 6.45) is 0. The number of anilines is 1. The van der Waals surface area contributed by atoms with E-state index in [0.717, 1.165) is 0 Å². The van der Waals surface area contributed by atoms with Gasteiger partial charge >= 0.3 is 5.97 Å². The molecule has 0 amide bonds. The molecule has 0 heterocycles. The molecule has 1 N–H and O–H groups in total. The van der Waals surface area contributed by atoms with Crippen LogP contribution < -0.4 is 10.1 Å². The molecule has 24 heavy (non-hydrogen) atoms. The van der Waals surface area contributed by atoms with Crippen LogP contribution >= 0.6 is 11.6 Å². The fourth-order valence-electron chi connectivity index (χ4n) is 2.06. The standard InChI is InChI=1S/C16H16ClNO5S/c1-22-14-5-3-4-13(18-10-15(19)23-2)16(14)24(20,21)12-8-6-11(17)7-9-12/h3-9,18H,10H2,1-2H3. The van der Waals surface area contributed by atoms with E-state index in [9.17, 15) is 13.2 Å². The fraction of sp³-hybridized carbons (Fsp3) is 0.188. The Labute approximate surface area is 145 Å². The van der Waals surface area contributed by atoms with Crippen molar-refractivity contribution < 1.29 is 22.7 Å². The lowest BCUT2D eigenvalue weighted by Crippen LogP contribution is -2.17. The third-order valence-corrected chi connectivity index (χ3v) is 5.35. The predicted molar refractivity (Wildman–Crippen MR) is 90.4 cm³/mol. The topological polar surface area (TPSA) is 81.7 Å². The minimum atomic E-state index is -3.88. The summed E-state index contributed by atoms with van der Waals surface area (Å²) >= 11 is 5.81. The van der Waals surface area contributed by atoms with Crippen molar-refractivity contribution in [1.29, 1.82) is 0 Å². The first-order valence-electron chi connectivity index (χ1n) is 6.88. The SMILES string of the molecule is COC(=O)CNc1cccc(OC)c1S(=O)(=O)c1ccc(Cl)cc1. The average molecular weight is 370 g/mol. The van der Waals surface area contributed by atoms with Crippen molar-refractivity contribution in [3.05, 3.63) is 47.5 Å². The van der Waals surface area contributed by atoms with Crippen molar-refractivity contribution in [3.8, 4) is 5.75 Å². The maximum absolute atomic E-state index is 13.0. The molecule has 2 aromatic carbocycles. The Morgan fingerprint density at radius 1 is 1.12 bits per heavy atom. The fourth-order valence-corrected chi connectivity index (χ4v) is 3.77. The summed E-state index contributed by atoms with van der Waals surface area (Å²) in [6, 6.07) is 10.5. The number of esters is 1. The molecular formula is C16H16ClNO5S. The molecule has 0 unspecified atom stereocenters. The summed E-state index contributed by atoms with van der Waals surface area (Å²) in [7, 11) is -1.26. The van der Waals surface area contributed by atoms with E-state index >= 15 is 0 Å². The zero-order valence-corrected chi connectivity index (χ0v) is 14.6. The monoisotopic (exact) mass is 369 g/mol. The van der Waals surface area contributed by atoms with E-state index in [2.05, 4.69) is 10.1 Å². The molecule has 0 fully saturated rings. The van der Waals surface area contributed by atoms with Crippen LogP contribution in [0, 0.1) is 0 Å². The molecule has 0 spiro atoms. The van der Waals surface area contributed by atoms with Gasteiger partial charge < -0.3 is 14.8 Å². The van der Waals surface area contributed by atoms with Crippen molar-refractivity contribution >= 4 is 33.1 Å². The predicted octanol–water partition coefficient (Wildman–Crippen LogP) is 2.77. The number of rotatable bonds is 6. The van der Waals surface area contributed by atoms with Gasteiger partial charge in [0.05, 0.1) is 24.8 Å². The van der Waals surface area contributed by atoms with Gasteiger partial charge in [-0.05, 0) is 36.4 Å². The average Bonchev–Trinajstić information content (AvgIpc) is 2.59. The van der Waals surface area contributed by atoms with E-state index in [4.69, 9.17) is 16.3 Å². The van der Waals surface area contributed by atoms with Crippen LogP contribution in [0.25, 0.3) is 0 Å². The molecule has 0 aliphatic heterocycles. The van der Waals surface area contributed by atoms with Crippen molar-refractivity contribution in [2.75, 3.05) is 26.1 Å². The number of carbonyl (C=O) groups is 1. The number of halogens is 1. The van der Waals surface area contributed by atoms with E-state index in [1.54, 1.807) is 12.1 Å². The molecule has 128 valence electrons. The molecule has 0 aliphatic rings. The highest BCUT2D eigenvalue weighted by Gasteiger charge is 2.26. The molecule has 0 saturated heterocycles. The second-order valence-electron chi connectivity index (χ2n) is 4.72. The summed E-state index contributed by atoms with van der Waals surface area (Å²) < 4.78 is 35.7. The second-order valence-corrected chi connectivity index (χ2v) is 7.05. The van der Waals surface area contributed by atoms with Gasteiger partial charge in [-0.25, -0.2) is 8.42 Å². The summed E-state index contributed by atoms with van der Waals surface area (Å²) in [5.41, 5.74) is 0.245. The molecule has 2 rings (SSSR count). The Balaban J connectivity index is 2.54. The Morgan fingerprint density at radius 3 is 2.38 bits per heavy atom. The van der Waals surface area contributed by atoms with Gasteiger partial charge in [0.2, 0.25) is 9.84 Å². The minimum Gasteiger partial charge on any atom is -0.495 e. The number of hydrogen-bond acceptors (Lipinski definition) is 6. The van der Waals surface area contributed by atoms with Crippen LogP contribution in [0.3, 0.4) is 0 Å². The highest BCUT2D eigenvalue weighted by molar-refractivity contribution is 7.91. The number of hydrogen-bond donors (Lipinski definition) is 1. The Hall–Kier alpha value is -2.25. The first-order chi connectivity index (χ1) is 11.4. The number of nitrogens with one attached hydrogen (secondary N) is 1. The summed E-state index contributed by atoms with van der Waals surface area (Å²) in [5.74, 6) is -0.354. The third-order valence-electron chi connectivity index (χ3n) is 3.24. The van der Waals surface area contributed by atoms with Gasteiger partial charge in [-0.2, -0.15) is 0 Å². The quantitative estimate of drug-likeness (QED) is 0.788. The van der Waals surface area contributed by atoms with E-state index in [1.807, 2.05) is 0 Å². The normalized spacial score (nSPS) is 11.0. The number of carbonyl (C=O) groups excluding carboxylic acids is 1. The summed E-state index contributed by atoms with van der Waals surface area (Å²) in [5, 5.41) is 3.19. The molecular weight excluding hydrogens is 354 g/mol. The number of benzene rings is 2. The van der Waals surface area contributed by atoms with Gasteiger partial charge in [0.25, 0.3) is 0 Å². The smallest absolute Gasteiger partial charge is 0.325 e. The molecule has 0 atom stereocenters. The highest BCUT2D eigenvalue weighted by Crippen LogP contribution is 2.35. The number of sulfone groups is 1. The maximum Gasteiger partial charge on any atom is 0.325 e. The first kappa shape index (κ1) is 18.1. The summed E-state index contributed by atoms with van der Waals surface area (Å²) in [6.45, 7) is -0.174. The van der Waals surface area contributed by atoms with E-state index < -0.39 is 15.8 Å². The zero-order chi connectivity index (χ0) is 17.7. The number of methoxy groups -OCH3 is 2. The Bertz CT molecular complexity index is 834. The number of ether oxygens (including phenoxy) is 2. The van der Waals surface area contributed by atoms with Crippen LogP contribution in [0.15, 0.2) is 52.3 Å². The van der Waals surface area contributed by atoms with E-state index in [1.165, 1.54) is 44.6 Å². The molecule has 6 nitrogen and oxygen atoms in total. The Morgan fingerprint density at radius 2 is 1.79 bits per heavy atom. The lowest BCUT2D eigenvalue weighted by Gasteiger charge is -2.15. The zero-order valence-electron chi connectivity index (χ0n) is 13.1. The molecule has 0 bridgehead atoms. The molecule has 0 aliphatic carbocycles. The van der Waals surface area contributed by atoms with Crippen molar-refractivity contribution in [2.24, 2.45) is 0 Å². The maximum atomic E-state index is 13.0. The first-order valence-corrected chi connectivity index (χ1v) is 8.74. The van der Waals surface area contributed by atoms with Crippen molar-refractivity contribution in [3.63, 3.8) is 0 Å². The molecule has 2 aromatic rings. The van der Waals surface area contributed by atoms with E-state index in [0.29, 0.717) is 5.02 Å². The van der Waals surface area contributed by atoms with Gasteiger partial charge in [0, 0.05) is 5.02 Å². The van der Waals surface area contributed by atoms with Crippen LogP contribution in [0.5, 0.6) is 5.75 Å². The second kappa shape index (κ2) is 7.55. The van der Waals surface area contributed by atoms with Gasteiger partial charge in [-0.15, -0.1) is 0 Å². The van der Waals surface area contributed by atoms with E-state index in [-0.39, 0.29) is 27.8 Å². The minimum absolute atomic E-state index is 0.0567. The van der Waals surface area contributed by atoms with Gasteiger partial charge in [-0.3, -0.25) is 4.79 Å². The van der Waals surface area contributed by atoms with Crippen molar-refractivity contribution in [1.82, 2.24) is 0 Å². The summed E-state index contributed by atoms with van der Waals surface area (Å²) in [4.78, 5) is 11.3. The lowest BCUT2D eigenvalue weighted by molar-refractivity contribution is -0.138. The van der Waals surface area contributed by atoms with Crippen LogP contribution in [0.2, 0.25) is 5.02 Å². The molecule has 0 saturated carbocycles. The van der Waals surface area contributed by atoms with Crippen molar-refractivity contribution in [2.45, 2.75) is 9.79 Å². The third kappa shape index (κ3) is 3.80. The van der Waals surface area contributed by atoms with Crippen LogP contribution in [0.4, 0.5) is 5.69 Å². The molecule has 0 aromatic heterocycles. The van der Waals surface area contributed by atoms with Crippen LogP contribution in [0.1, 0.15) is 0 Å². The Kier molecular flexibility index (Phi) is 5.69. The molecule has 0 radical (unpaired) electrons. The largest absolute Gasteiger partial charge is 0.495 e. The van der Waals surface area contributed by atoms with Gasteiger partial charge in [0.1, 0.15) is 17.2 Å². The van der Waals surface area contributed by atoms with Crippen LogP contribution in [-0.4, -0.2) is 35.2 Å². The van der Waals surface area contributed by atoms with Gasteiger partial charge in [0.15, 0.2) is 0 Å².